The minimum atomic E-state index is 1.11. The minimum absolute atomic E-state index is 1.11. The molecule has 11 rings (SSSR count). The van der Waals surface area contributed by atoms with E-state index in [4.69, 9.17) is 0 Å². The molecule has 10 aromatic carbocycles. The zero-order chi connectivity index (χ0) is 39.1. The van der Waals surface area contributed by atoms with Gasteiger partial charge in [0.25, 0.3) is 0 Å². The van der Waals surface area contributed by atoms with E-state index in [2.05, 4.69) is 240 Å². The molecule has 0 amide bonds. The molecule has 3 heteroatoms. The van der Waals surface area contributed by atoms with Crippen LogP contribution in [-0.4, -0.2) is 0 Å². The summed E-state index contributed by atoms with van der Waals surface area (Å²) in [4.78, 5) is 4.96. The number of thiophene rings is 1. The summed E-state index contributed by atoms with van der Waals surface area (Å²) in [5, 5.41) is 7.46. The normalized spacial score (nSPS) is 11.4. The van der Waals surface area contributed by atoms with E-state index in [1.807, 2.05) is 11.3 Å². The van der Waals surface area contributed by atoms with E-state index in [1.54, 1.807) is 0 Å². The Morgan fingerprint density at radius 1 is 0.288 bits per heavy atom. The summed E-state index contributed by atoms with van der Waals surface area (Å²) in [7, 11) is 0. The van der Waals surface area contributed by atoms with Crippen molar-refractivity contribution >= 4 is 87.2 Å². The maximum absolute atomic E-state index is 2.48. The fraction of sp³-hybridized carbons (Fsp3) is 0. The Balaban J connectivity index is 1.29. The molecule has 278 valence electrons. The van der Waals surface area contributed by atoms with Gasteiger partial charge >= 0.3 is 0 Å². The number of nitrogens with zero attached hydrogens (tertiary/aromatic N) is 2. The molecule has 0 aliphatic carbocycles. The van der Waals surface area contributed by atoms with Gasteiger partial charge in [-0.15, -0.1) is 11.3 Å². The third kappa shape index (κ3) is 6.03. The van der Waals surface area contributed by atoms with E-state index in [1.165, 1.54) is 64.0 Å². The molecule has 0 fully saturated rings. The maximum atomic E-state index is 2.48. The van der Waals surface area contributed by atoms with Crippen LogP contribution in [0.3, 0.4) is 0 Å². The summed E-state index contributed by atoms with van der Waals surface area (Å²) in [6.07, 6.45) is 0. The minimum Gasteiger partial charge on any atom is -0.308 e. The number of anilines is 6. The molecule has 59 heavy (non-hydrogen) atoms. The van der Waals surface area contributed by atoms with Gasteiger partial charge in [-0.25, -0.2) is 0 Å². The lowest BCUT2D eigenvalue weighted by atomic mass is 9.96. The molecule has 2 nitrogen and oxygen atoms in total. The Kier molecular flexibility index (Phi) is 8.72. The lowest BCUT2D eigenvalue weighted by Gasteiger charge is -2.29. The monoisotopic (exact) mass is 770 g/mol. The average Bonchev–Trinajstić information content (AvgIpc) is 3.73. The van der Waals surface area contributed by atoms with Gasteiger partial charge in [-0.1, -0.05) is 182 Å². The summed E-state index contributed by atoms with van der Waals surface area (Å²) >= 11 is 1.90. The average molecular weight is 771 g/mol. The number of hydrogen-bond acceptors (Lipinski definition) is 3. The van der Waals surface area contributed by atoms with Crippen molar-refractivity contribution in [2.45, 2.75) is 0 Å². The highest BCUT2D eigenvalue weighted by Crippen LogP contribution is 2.54. The third-order valence-electron chi connectivity index (χ3n) is 11.4. The standard InChI is InChI=1S/C56H38N2S/c1-5-21-39(22-6-1)45-31-17-19-35-49(45)57(43-27-9-3-10-28-43)51-37-41-25-13-15-33-47(41)53-54-48-34-16-14-26-42(48)38-52(56(54)59-55(51)53)58(44-29-11-4-12-30-44)50-36-20-18-32-46(50)40-23-7-2-8-24-40/h1-38H. The highest BCUT2D eigenvalue weighted by atomic mass is 32.1. The fourth-order valence-corrected chi connectivity index (χ4v) is 10.1. The van der Waals surface area contributed by atoms with E-state index in [0.29, 0.717) is 0 Å². The van der Waals surface area contributed by atoms with Crippen LogP contribution >= 0.6 is 11.3 Å². The molecular weight excluding hydrogens is 733 g/mol. The highest BCUT2D eigenvalue weighted by Gasteiger charge is 2.27. The quantitative estimate of drug-likeness (QED) is 0.152. The van der Waals surface area contributed by atoms with Crippen molar-refractivity contribution < 1.29 is 0 Å². The molecule has 0 radical (unpaired) electrons. The largest absolute Gasteiger partial charge is 0.308 e. The summed E-state index contributed by atoms with van der Waals surface area (Å²) in [6, 6.07) is 83.5. The molecule has 0 bridgehead atoms. The number of benzene rings is 10. The van der Waals surface area contributed by atoms with E-state index in [-0.39, 0.29) is 0 Å². The van der Waals surface area contributed by atoms with Crippen molar-refractivity contribution in [2.75, 3.05) is 9.80 Å². The van der Waals surface area contributed by atoms with Crippen molar-refractivity contribution in [1.29, 1.82) is 0 Å². The Bertz CT molecular complexity index is 3050. The predicted molar refractivity (Wildman–Crippen MR) is 255 cm³/mol. The summed E-state index contributed by atoms with van der Waals surface area (Å²) in [5.41, 5.74) is 11.5. The van der Waals surface area contributed by atoms with Crippen molar-refractivity contribution in [3.63, 3.8) is 0 Å². The highest BCUT2D eigenvalue weighted by molar-refractivity contribution is 7.27. The summed E-state index contributed by atoms with van der Waals surface area (Å²) < 4.78 is 2.49. The Morgan fingerprint density at radius 2 is 0.627 bits per heavy atom. The van der Waals surface area contributed by atoms with E-state index >= 15 is 0 Å². The van der Waals surface area contributed by atoms with Gasteiger partial charge in [0.1, 0.15) is 0 Å². The molecule has 0 aliphatic heterocycles. The summed E-state index contributed by atoms with van der Waals surface area (Å²) in [5.74, 6) is 0. The first kappa shape index (κ1) is 34.8. The van der Waals surface area contributed by atoms with E-state index in [9.17, 15) is 0 Å². The van der Waals surface area contributed by atoms with Crippen LogP contribution in [0.5, 0.6) is 0 Å². The van der Waals surface area contributed by atoms with E-state index in [0.717, 1.165) is 34.1 Å². The molecule has 1 heterocycles. The second kappa shape index (κ2) is 14.8. The number of hydrogen-bond donors (Lipinski definition) is 0. The van der Waals surface area contributed by atoms with Gasteiger partial charge in [0, 0.05) is 33.3 Å². The molecule has 11 aromatic rings. The first-order valence-electron chi connectivity index (χ1n) is 20.1. The smallest absolute Gasteiger partial charge is 0.0647 e. The van der Waals surface area contributed by atoms with Gasteiger partial charge in [-0.2, -0.15) is 0 Å². The van der Waals surface area contributed by atoms with Gasteiger partial charge in [0.05, 0.1) is 32.1 Å². The van der Waals surface area contributed by atoms with Crippen LogP contribution in [0.15, 0.2) is 231 Å². The second-order valence-electron chi connectivity index (χ2n) is 14.9. The zero-order valence-electron chi connectivity index (χ0n) is 32.2. The van der Waals surface area contributed by atoms with Crippen LogP contribution < -0.4 is 9.80 Å². The second-order valence-corrected chi connectivity index (χ2v) is 15.9. The first-order chi connectivity index (χ1) is 29.3. The molecule has 0 aliphatic rings. The molecular formula is C56H38N2S. The van der Waals surface area contributed by atoms with Crippen LogP contribution in [-0.2, 0) is 0 Å². The van der Waals surface area contributed by atoms with Crippen molar-refractivity contribution in [1.82, 2.24) is 0 Å². The first-order valence-corrected chi connectivity index (χ1v) is 20.9. The number of para-hydroxylation sites is 4. The molecule has 0 spiro atoms. The van der Waals surface area contributed by atoms with E-state index < -0.39 is 0 Å². The zero-order valence-corrected chi connectivity index (χ0v) is 33.1. The van der Waals surface area contributed by atoms with Crippen LogP contribution in [0.2, 0.25) is 0 Å². The summed E-state index contributed by atoms with van der Waals surface area (Å²) in [6.45, 7) is 0. The molecule has 0 saturated carbocycles. The van der Waals surface area contributed by atoms with Gasteiger partial charge in [0.15, 0.2) is 0 Å². The molecule has 1 aromatic heterocycles. The SMILES string of the molecule is c1ccc(-c2ccccc2N(c2ccccc2)c2cc3ccccc3c3c2sc2c(N(c4ccccc4)c4ccccc4-c4ccccc4)cc4ccccc4c23)cc1. The number of rotatable bonds is 8. The van der Waals surface area contributed by atoms with Crippen LogP contribution in [0.1, 0.15) is 0 Å². The Labute approximate surface area is 348 Å². The lowest BCUT2D eigenvalue weighted by molar-refractivity contribution is 1.30. The van der Waals surface area contributed by atoms with Crippen LogP contribution in [0, 0.1) is 0 Å². The lowest BCUT2D eigenvalue weighted by Crippen LogP contribution is -2.11. The van der Waals surface area contributed by atoms with Crippen molar-refractivity contribution in [3.8, 4) is 22.3 Å². The van der Waals surface area contributed by atoms with Crippen molar-refractivity contribution in [2.24, 2.45) is 0 Å². The van der Waals surface area contributed by atoms with Gasteiger partial charge in [0.2, 0.25) is 0 Å². The van der Waals surface area contributed by atoms with Gasteiger partial charge in [-0.05, 0) is 81.2 Å². The molecule has 0 N–H and O–H groups in total. The van der Waals surface area contributed by atoms with Gasteiger partial charge in [-0.3, -0.25) is 0 Å². The molecule has 0 unspecified atom stereocenters. The van der Waals surface area contributed by atoms with Gasteiger partial charge < -0.3 is 9.80 Å². The third-order valence-corrected chi connectivity index (χ3v) is 12.6. The molecule has 0 saturated heterocycles. The predicted octanol–water partition coefficient (Wildman–Crippen LogP) is 16.6. The molecule has 0 atom stereocenters. The topological polar surface area (TPSA) is 6.48 Å². The Hall–Kier alpha value is -7.46. The van der Waals surface area contributed by atoms with Crippen LogP contribution in [0.25, 0.3) is 64.0 Å². The van der Waals surface area contributed by atoms with Crippen LogP contribution in [0.4, 0.5) is 34.1 Å². The Morgan fingerprint density at radius 3 is 1.05 bits per heavy atom. The number of fused-ring (bicyclic) bond motifs is 7. The van der Waals surface area contributed by atoms with Crippen molar-refractivity contribution in [3.05, 3.63) is 231 Å². The maximum Gasteiger partial charge on any atom is 0.0647 e. The fourth-order valence-electron chi connectivity index (χ4n) is 8.80.